The first kappa shape index (κ1) is 28.8. The molecule has 0 saturated heterocycles. The summed E-state index contributed by atoms with van der Waals surface area (Å²) in [6.07, 6.45) is -1.49. The Labute approximate surface area is 234 Å². The number of carboxylic acid groups (broad SMARTS) is 1. The van der Waals surface area contributed by atoms with Gasteiger partial charge in [0.05, 0.1) is 12.7 Å². The van der Waals surface area contributed by atoms with E-state index in [1.165, 1.54) is 0 Å². The highest BCUT2D eigenvalue weighted by molar-refractivity contribution is 5.84. The summed E-state index contributed by atoms with van der Waals surface area (Å²) in [6, 6.07) is 23.8. The minimum absolute atomic E-state index is 0.0763. The molecule has 3 aromatic rings. The second-order valence-corrected chi connectivity index (χ2v) is 10.4. The second-order valence-electron chi connectivity index (χ2n) is 10.4. The summed E-state index contributed by atoms with van der Waals surface area (Å²) in [5.74, 6) is -1.87. The fraction of sp³-hybridized carbons (Fsp3) is 0.344. The quantitative estimate of drug-likeness (QED) is 0.292. The van der Waals surface area contributed by atoms with Crippen LogP contribution in [0.5, 0.6) is 0 Å². The van der Waals surface area contributed by atoms with Crippen molar-refractivity contribution in [3.63, 3.8) is 0 Å². The van der Waals surface area contributed by atoms with Gasteiger partial charge in [-0.15, -0.1) is 0 Å². The Kier molecular flexibility index (Phi) is 9.56. The first-order valence-corrected chi connectivity index (χ1v) is 13.5. The summed E-state index contributed by atoms with van der Waals surface area (Å²) in [5.41, 5.74) is 5.40. The Morgan fingerprint density at radius 3 is 1.98 bits per heavy atom. The van der Waals surface area contributed by atoms with Crippen molar-refractivity contribution in [2.24, 2.45) is 5.92 Å². The molecule has 0 fully saturated rings. The van der Waals surface area contributed by atoms with E-state index in [0.717, 1.165) is 27.8 Å². The van der Waals surface area contributed by atoms with Gasteiger partial charge >= 0.3 is 12.1 Å². The highest BCUT2D eigenvalue weighted by atomic mass is 16.5. The number of alkyl carbamates (subject to hydrolysis) is 1. The standard InChI is InChI=1S/C32H36N2O6/c1-20(2)28(17-29(35)34-30(31(36)37)21(3)39-18-22-11-5-4-6-12-22)33-32(38)40-19-27-25-15-9-7-13-23(25)24-14-8-10-16-26(24)27/h4-16,20-21,27-28,30H,17-19H2,1-3H3,(H,33,38)(H,34,35)(H,36,37). The maximum Gasteiger partial charge on any atom is 0.407 e. The fourth-order valence-corrected chi connectivity index (χ4v) is 4.95. The van der Waals surface area contributed by atoms with E-state index in [0.29, 0.717) is 0 Å². The van der Waals surface area contributed by atoms with Crippen molar-refractivity contribution in [2.45, 2.75) is 57.9 Å². The van der Waals surface area contributed by atoms with Crippen LogP contribution in [0.15, 0.2) is 78.9 Å². The van der Waals surface area contributed by atoms with Crippen molar-refractivity contribution in [3.8, 4) is 11.1 Å². The Bertz CT molecular complexity index is 1280. The Balaban J connectivity index is 1.31. The smallest absolute Gasteiger partial charge is 0.407 e. The van der Waals surface area contributed by atoms with Crippen molar-refractivity contribution >= 4 is 18.0 Å². The lowest BCUT2D eigenvalue weighted by Gasteiger charge is -2.25. The molecular formula is C32H36N2O6. The van der Waals surface area contributed by atoms with Crippen molar-refractivity contribution in [2.75, 3.05) is 6.61 Å². The molecule has 8 heteroatoms. The SMILES string of the molecule is CC(C)C(CC(=O)NC(C(=O)O)C(C)OCc1ccccc1)NC(=O)OCC1c2ccccc2-c2ccccc21. The number of benzene rings is 3. The molecule has 1 aliphatic carbocycles. The number of carbonyl (C=O) groups is 3. The van der Waals surface area contributed by atoms with Gasteiger partial charge in [0.25, 0.3) is 0 Å². The van der Waals surface area contributed by atoms with Gasteiger partial charge in [-0.25, -0.2) is 9.59 Å². The molecule has 1 aliphatic rings. The van der Waals surface area contributed by atoms with Gasteiger partial charge in [-0.3, -0.25) is 4.79 Å². The molecule has 0 heterocycles. The number of carbonyl (C=O) groups excluding carboxylic acids is 2. The molecule has 3 N–H and O–H groups in total. The predicted molar refractivity (Wildman–Crippen MR) is 152 cm³/mol. The monoisotopic (exact) mass is 544 g/mol. The molecule has 2 amide bonds. The van der Waals surface area contributed by atoms with E-state index in [-0.39, 0.29) is 31.5 Å². The van der Waals surface area contributed by atoms with E-state index < -0.39 is 36.2 Å². The van der Waals surface area contributed by atoms with Gasteiger partial charge < -0.3 is 25.2 Å². The molecule has 40 heavy (non-hydrogen) atoms. The van der Waals surface area contributed by atoms with E-state index in [1.807, 2.05) is 80.6 Å². The lowest BCUT2D eigenvalue weighted by atomic mass is 9.98. The first-order chi connectivity index (χ1) is 19.2. The summed E-state index contributed by atoms with van der Waals surface area (Å²) in [6.45, 7) is 5.74. The van der Waals surface area contributed by atoms with Crippen molar-refractivity contribution in [1.29, 1.82) is 0 Å². The predicted octanol–water partition coefficient (Wildman–Crippen LogP) is 5.11. The summed E-state index contributed by atoms with van der Waals surface area (Å²) in [5, 5.41) is 15.1. The van der Waals surface area contributed by atoms with Crippen molar-refractivity contribution < 1.29 is 29.0 Å². The molecule has 4 rings (SSSR count). The average Bonchev–Trinajstić information content (AvgIpc) is 3.27. The van der Waals surface area contributed by atoms with Gasteiger partial charge in [-0.05, 0) is 40.7 Å². The molecule has 210 valence electrons. The van der Waals surface area contributed by atoms with Crippen LogP contribution in [0.2, 0.25) is 0 Å². The molecule has 0 saturated carbocycles. The Morgan fingerprint density at radius 2 is 1.40 bits per heavy atom. The summed E-state index contributed by atoms with van der Waals surface area (Å²) in [4.78, 5) is 37.5. The van der Waals surface area contributed by atoms with Crippen LogP contribution in [0.25, 0.3) is 11.1 Å². The van der Waals surface area contributed by atoms with Crippen molar-refractivity contribution in [1.82, 2.24) is 10.6 Å². The van der Waals surface area contributed by atoms with Gasteiger partial charge in [-0.1, -0.05) is 92.7 Å². The molecule has 0 radical (unpaired) electrons. The molecule has 0 spiro atoms. The van der Waals surface area contributed by atoms with Crippen LogP contribution in [0, 0.1) is 5.92 Å². The van der Waals surface area contributed by atoms with Crippen LogP contribution in [0.4, 0.5) is 4.79 Å². The molecule has 0 bridgehead atoms. The lowest BCUT2D eigenvalue weighted by Crippen LogP contribution is -2.51. The summed E-state index contributed by atoms with van der Waals surface area (Å²) < 4.78 is 11.4. The van der Waals surface area contributed by atoms with E-state index in [9.17, 15) is 19.5 Å². The van der Waals surface area contributed by atoms with Crippen LogP contribution >= 0.6 is 0 Å². The number of rotatable bonds is 12. The maximum absolute atomic E-state index is 12.9. The van der Waals surface area contributed by atoms with Crippen LogP contribution in [-0.2, 0) is 25.7 Å². The average molecular weight is 545 g/mol. The Morgan fingerprint density at radius 1 is 0.825 bits per heavy atom. The zero-order valence-electron chi connectivity index (χ0n) is 23.0. The van der Waals surface area contributed by atoms with E-state index >= 15 is 0 Å². The number of carboxylic acids is 1. The summed E-state index contributed by atoms with van der Waals surface area (Å²) >= 11 is 0. The van der Waals surface area contributed by atoms with Gasteiger partial charge in [0.15, 0.2) is 6.04 Å². The van der Waals surface area contributed by atoms with E-state index in [2.05, 4.69) is 22.8 Å². The second kappa shape index (κ2) is 13.3. The first-order valence-electron chi connectivity index (χ1n) is 13.5. The van der Waals surface area contributed by atoms with Crippen molar-refractivity contribution in [3.05, 3.63) is 95.6 Å². The number of hydrogen-bond donors (Lipinski definition) is 3. The number of amides is 2. The molecule has 3 aromatic carbocycles. The fourth-order valence-electron chi connectivity index (χ4n) is 4.95. The highest BCUT2D eigenvalue weighted by Crippen LogP contribution is 2.44. The molecule has 3 atom stereocenters. The van der Waals surface area contributed by atoms with Gasteiger partial charge in [0.1, 0.15) is 6.61 Å². The highest BCUT2D eigenvalue weighted by Gasteiger charge is 2.31. The van der Waals surface area contributed by atoms with Gasteiger partial charge in [0, 0.05) is 18.4 Å². The number of hydrogen-bond acceptors (Lipinski definition) is 5. The van der Waals surface area contributed by atoms with Crippen LogP contribution in [0.1, 0.15) is 49.8 Å². The Hall–Kier alpha value is -4.17. The zero-order valence-corrected chi connectivity index (χ0v) is 23.0. The number of nitrogens with one attached hydrogen (secondary N) is 2. The minimum Gasteiger partial charge on any atom is -0.480 e. The number of aliphatic carboxylic acids is 1. The van der Waals surface area contributed by atoms with Crippen LogP contribution in [0.3, 0.4) is 0 Å². The zero-order chi connectivity index (χ0) is 28.6. The third kappa shape index (κ3) is 7.07. The lowest BCUT2D eigenvalue weighted by molar-refractivity contribution is -0.146. The number of ether oxygens (including phenoxy) is 2. The molecule has 3 unspecified atom stereocenters. The summed E-state index contributed by atoms with van der Waals surface area (Å²) in [7, 11) is 0. The van der Waals surface area contributed by atoms with Crippen LogP contribution < -0.4 is 10.6 Å². The number of fused-ring (bicyclic) bond motifs is 3. The normalized spacial score (nSPS) is 14.5. The topological polar surface area (TPSA) is 114 Å². The van der Waals surface area contributed by atoms with E-state index in [1.54, 1.807) is 6.92 Å². The molecule has 0 aliphatic heterocycles. The maximum atomic E-state index is 12.9. The third-order valence-corrected chi connectivity index (χ3v) is 7.26. The third-order valence-electron chi connectivity index (χ3n) is 7.26. The van der Waals surface area contributed by atoms with Crippen LogP contribution in [-0.4, -0.2) is 47.9 Å². The molecular weight excluding hydrogens is 508 g/mol. The van der Waals surface area contributed by atoms with Gasteiger partial charge in [0.2, 0.25) is 5.91 Å². The van der Waals surface area contributed by atoms with E-state index in [4.69, 9.17) is 9.47 Å². The van der Waals surface area contributed by atoms with Gasteiger partial charge in [-0.2, -0.15) is 0 Å². The molecule has 0 aromatic heterocycles. The molecule has 8 nitrogen and oxygen atoms in total. The minimum atomic E-state index is -1.24. The largest absolute Gasteiger partial charge is 0.480 e.